The summed E-state index contributed by atoms with van der Waals surface area (Å²) in [6.45, 7) is 3.85. The Balaban J connectivity index is 2.25. The van der Waals surface area contributed by atoms with Gasteiger partial charge in [-0.1, -0.05) is 17.7 Å². The number of H-pyrrole nitrogens is 1. The molecule has 3 rings (SSSR count). The summed E-state index contributed by atoms with van der Waals surface area (Å²) in [7, 11) is 0. The van der Waals surface area contributed by atoms with Crippen LogP contribution in [0.25, 0.3) is 11.0 Å². The molecule has 1 aromatic carbocycles. The normalized spacial score (nSPS) is 13.0. The molecule has 0 aliphatic heterocycles. The molecule has 0 bridgehead atoms. The van der Waals surface area contributed by atoms with E-state index >= 15 is 0 Å². The van der Waals surface area contributed by atoms with Crippen LogP contribution in [-0.4, -0.2) is 14.5 Å². The van der Waals surface area contributed by atoms with Gasteiger partial charge in [0.05, 0.1) is 22.3 Å². The van der Waals surface area contributed by atoms with E-state index in [1.807, 2.05) is 36.6 Å². The molecule has 0 saturated carbocycles. The van der Waals surface area contributed by atoms with Crippen molar-refractivity contribution in [1.29, 1.82) is 0 Å². The molecule has 98 valence electrons. The number of aromatic nitrogens is 3. The zero-order valence-corrected chi connectivity index (χ0v) is 12.0. The number of nitrogens with zero attached hydrogens (tertiary/aromatic N) is 2. The van der Waals surface area contributed by atoms with Gasteiger partial charge in [-0.25, -0.2) is 4.98 Å². The zero-order chi connectivity index (χ0) is 13.6. The molecular weight excluding hydrogens is 282 g/mol. The number of aryl methyl sites for hydroxylation is 1. The fourth-order valence-electron chi connectivity index (χ4n) is 2.18. The molecule has 0 amide bonds. The number of imidazole rings is 1. The largest absolute Gasteiger partial charge is 0.444 e. The van der Waals surface area contributed by atoms with Crippen LogP contribution < -0.4 is 0 Å². The van der Waals surface area contributed by atoms with Crippen molar-refractivity contribution in [3.63, 3.8) is 0 Å². The summed E-state index contributed by atoms with van der Waals surface area (Å²) < 4.78 is 8.11. The number of para-hydroxylation sites is 1. The molecule has 2 aromatic heterocycles. The number of hydrogen-bond acceptors (Lipinski definition) is 3. The number of oxazole rings is 1. The Morgan fingerprint density at radius 2 is 2.26 bits per heavy atom. The van der Waals surface area contributed by atoms with Gasteiger partial charge in [-0.2, -0.15) is 0 Å². The topological polar surface area (TPSA) is 46.8 Å². The fourth-order valence-corrected chi connectivity index (χ4v) is 2.81. The van der Waals surface area contributed by atoms with Gasteiger partial charge in [0.15, 0.2) is 4.77 Å². The van der Waals surface area contributed by atoms with Gasteiger partial charge < -0.3 is 14.0 Å². The molecule has 1 N–H and O–H groups in total. The van der Waals surface area contributed by atoms with E-state index in [0.717, 1.165) is 16.8 Å². The summed E-state index contributed by atoms with van der Waals surface area (Å²) in [5.74, 6) is 1.40. The molecular formula is C13H12ClN3OS. The zero-order valence-electron chi connectivity index (χ0n) is 10.5. The highest BCUT2D eigenvalue weighted by molar-refractivity contribution is 7.71. The second kappa shape index (κ2) is 4.51. The second-order valence-electron chi connectivity index (χ2n) is 4.42. The van der Waals surface area contributed by atoms with Crippen LogP contribution in [0.4, 0.5) is 0 Å². The molecule has 19 heavy (non-hydrogen) atoms. The van der Waals surface area contributed by atoms with E-state index in [2.05, 4.69) is 9.97 Å². The summed E-state index contributed by atoms with van der Waals surface area (Å²) >= 11 is 11.6. The fraction of sp³-hybridized carbons (Fsp3) is 0.231. The first kappa shape index (κ1) is 12.4. The lowest BCUT2D eigenvalue weighted by molar-refractivity contribution is 0.417. The van der Waals surface area contributed by atoms with E-state index in [1.165, 1.54) is 0 Å². The summed E-state index contributed by atoms with van der Waals surface area (Å²) in [5, 5.41) is 0.653. The van der Waals surface area contributed by atoms with Gasteiger partial charge >= 0.3 is 0 Å². The first-order chi connectivity index (χ1) is 9.08. The summed E-state index contributed by atoms with van der Waals surface area (Å²) in [4.78, 5) is 7.41. The Labute approximate surface area is 120 Å². The lowest BCUT2D eigenvalue weighted by atomic mass is 10.2. The molecule has 1 unspecified atom stereocenters. The maximum absolute atomic E-state index is 6.27. The third kappa shape index (κ3) is 1.99. The Morgan fingerprint density at radius 1 is 1.47 bits per heavy atom. The molecule has 4 nitrogen and oxygen atoms in total. The summed E-state index contributed by atoms with van der Waals surface area (Å²) in [6.07, 6.45) is 1.70. The smallest absolute Gasteiger partial charge is 0.217 e. The minimum Gasteiger partial charge on any atom is -0.444 e. The van der Waals surface area contributed by atoms with Crippen molar-refractivity contribution >= 4 is 34.9 Å². The molecule has 6 heteroatoms. The van der Waals surface area contributed by atoms with Crippen molar-refractivity contribution in [1.82, 2.24) is 14.5 Å². The van der Waals surface area contributed by atoms with Crippen molar-refractivity contribution in [2.24, 2.45) is 0 Å². The average Bonchev–Trinajstić information content (AvgIpc) is 2.92. The van der Waals surface area contributed by atoms with Crippen LogP contribution in [0, 0.1) is 11.7 Å². The van der Waals surface area contributed by atoms with E-state index in [4.69, 9.17) is 28.2 Å². The molecule has 3 aromatic rings. The molecule has 0 aliphatic rings. The highest BCUT2D eigenvalue weighted by Crippen LogP contribution is 2.28. The van der Waals surface area contributed by atoms with Crippen LogP contribution in [-0.2, 0) is 0 Å². The van der Waals surface area contributed by atoms with Crippen LogP contribution in [0.15, 0.2) is 28.8 Å². The van der Waals surface area contributed by atoms with E-state index in [-0.39, 0.29) is 6.04 Å². The van der Waals surface area contributed by atoms with Gasteiger partial charge in [-0.05, 0) is 38.2 Å². The number of rotatable bonds is 2. The number of aromatic amines is 1. The number of nitrogens with one attached hydrogen (secondary N) is 1. The number of benzene rings is 1. The van der Waals surface area contributed by atoms with Gasteiger partial charge in [0.2, 0.25) is 5.89 Å². The summed E-state index contributed by atoms with van der Waals surface area (Å²) in [6, 6.07) is 5.56. The maximum Gasteiger partial charge on any atom is 0.217 e. The van der Waals surface area contributed by atoms with Gasteiger partial charge in [-0.3, -0.25) is 0 Å². The van der Waals surface area contributed by atoms with E-state index < -0.39 is 0 Å². The van der Waals surface area contributed by atoms with E-state index in [9.17, 15) is 0 Å². The molecule has 2 heterocycles. The number of halogens is 1. The number of hydrogen-bond donors (Lipinski definition) is 1. The first-order valence-corrected chi connectivity index (χ1v) is 6.67. The highest BCUT2D eigenvalue weighted by atomic mass is 35.5. The Hall–Kier alpha value is -1.59. The first-order valence-electron chi connectivity index (χ1n) is 5.89. The predicted molar refractivity (Wildman–Crippen MR) is 77.2 cm³/mol. The van der Waals surface area contributed by atoms with Crippen LogP contribution in [0.2, 0.25) is 5.02 Å². The minimum absolute atomic E-state index is 0.116. The highest BCUT2D eigenvalue weighted by Gasteiger charge is 2.18. The van der Waals surface area contributed by atoms with Gasteiger partial charge in [0.25, 0.3) is 0 Å². The van der Waals surface area contributed by atoms with Crippen LogP contribution >= 0.6 is 23.8 Å². The Kier molecular flexibility index (Phi) is 2.95. The van der Waals surface area contributed by atoms with Crippen molar-refractivity contribution in [2.45, 2.75) is 19.9 Å². The van der Waals surface area contributed by atoms with Gasteiger partial charge in [0, 0.05) is 0 Å². The van der Waals surface area contributed by atoms with Crippen molar-refractivity contribution in [2.75, 3.05) is 0 Å². The molecule has 0 fully saturated rings. The maximum atomic E-state index is 6.27. The summed E-state index contributed by atoms with van der Waals surface area (Å²) in [5.41, 5.74) is 1.78. The van der Waals surface area contributed by atoms with E-state index in [0.29, 0.717) is 15.7 Å². The standard InChI is InChI=1S/C13H12ClN3OS/c1-7-6-15-12(18-7)8(2)17-11-9(14)4-3-5-10(11)16-13(17)19/h3-6,8H,1-2H3,(H,16,19). The monoisotopic (exact) mass is 293 g/mol. The predicted octanol–water partition coefficient (Wildman–Crippen LogP) is 4.26. The van der Waals surface area contributed by atoms with Crippen LogP contribution in [0.5, 0.6) is 0 Å². The second-order valence-corrected chi connectivity index (χ2v) is 5.22. The third-order valence-electron chi connectivity index (χ3n) is 3.07. The Bertz CT molecular complexity index is 802. The van der Waals surface area contributed by atoms with Gasteiger partial charge in [0.1, 0.15) is 11.8 Å². The average molecular weight is 294 g/mol. The third-order valence-corrected chi connectivity index (χ3v) is 3.68. The van der Waals surface area contributed by atoms with Crippen LogP contribution in [0.3, 0.4) is 0 Å². The molecule has 0 spiro atoms. The van der Waals surface area contributed by atoms with Crippen molar-refractivity contribution < 1.29 is 4.42 Å². The van der Waals surface area contributed by atoms with Crippen molar-refractivity contribution in [3.05, 3.63) is 45.8 Å². The lowest BCUT2D eigenvalue weighted by Gasteiger charge is -2.11. The molecule has 0 radical (unpaired) electrons. The molecule has 0 aliphatic carbocycles. The van der Waals surface area contributed by atoms with Crippen molar-refractivity contribution in [3.8, 4) is 0 Å². The molecule has 0 saturated heterocycles. The van der Waals surface area contributed by atoms with Crippen LogP contribution in [0.1, 0.15) is 24.6 Å². The minimum atomic E-state index is -0.116. The van der Waals surface area contributed by atoms with Gasteiger partial charge in [-0.15, -0.1) is 0 Å². The number of fused-ring (bicyclic) bond motifs is 1. The quantitative estimate of drug-likeness (QED) is 0.718. The lowest BCUT2D eigenvalue weighted by Crippen LogP contribution is -2.07. The van der Waals surface area contributed by atoms with E-state index in [1.54, 1.807) is 6.20 Å². The SMILES string of the molecule is Cc1cnc(C(C)n2c(=S)[nH]c3cccc(Cl)c32)o1. The Morgan fingerprint density at radius 3 is 2.95 bits per heavy atom. The molecule has 1 atom stereocenters.